The summed E-state index contributed by atoms with van der Waals surface area (Å²) in [6.07, 6.45) is 0. The molecule has 1 fully saturated rings. The molecule has 5 heteroatoms. The maximum atomic E-state index is 12.6. The van der Waals surface area contributed by atoms with Gasteiger partial charge in [-0.15, -0.1) is 0 Å². The third-order valence-corrected chi connectivity index (χ3v) is 5.33. The fourth-order valence-corrected chi connectivity index (χ4v) is 4.05. The molecule has 146 valence electrons. The first-order valence-electron chi connectivity index (χ1n) is 9.57. The Morgan fingerprint density at radius 1 is 0.828 bits per heavy atom. The van der Waals surface area contributed by atoms with Gasteiger partial charge in [-0.2, -0.15) is 0 Å². The highest BCUT2D eigenvalue weighted by atomic mass is 16.4. The van der Waals surface area contributed by atoms with E-state index in [2.05, 4.69) is 46.6 Å². The smallest absolute Gasteiger partial charge is 0.322 e. The summed E-state index contributed by atoms with van der Waals surface area (Å²) in [6, 6.07) is 30.0. The van der Waals surface area contributed by atoms with Gasteiger partial charge in [-0.25, -0.2) is 0 Å². The van der Waals surface area contributed by atoms with Crippen molar-refractivity contribution in [3.05, 3.63) is 108 Å². The highest BCUT2D eigenvalue weighted by Gasteiger charge is 2.55. The Balaban J connectivity index is 1.84. The number of nitrogens with one attached hydrogen (secondary N) is 1. The fraction of sp³-hybridized carbons (Fsp3) is 0.167. The lowest BCUT2D eigenvalue weighted by molar-refractivity contribution is -0.138. The van der Waals surface area contributed by atoms with Crippen LogP contribution < -0.4 is 5.32 Å². The van der Waals surface area contributed by atoms with Gasteiger partial charge in [0.1, 0.15) is 12.6 Å². The molecule has 5 nitrogen and oxygen atoms in total. The normalized spacial score (nSPS) is 18.1. The van der Waals surface area contributed by atoms with Gasteiger partial charge in [0.15, 0.2) is 0 Å². The summed E-state index contributed by atoms with van der Waals surface area (Å²) >= 11 is 0. The van der Waals surface area contributed by atoms with Crippen LogP contribution in [0, 0.1) is 0 Å². The molecule has 0 bridgehead atoms. The Bertz CT molecular complexity index is 894. The highest BCUT2D eigenvalue weighted by molar-refractivity contribution is 5.88. The second-order valence-corrected chi connectivity index (χ2v) is 7.09. The number of benzene rings is 3. The topological polar surface area (TPSA) is 69.4 Å². The number of rotatable bonds is 7. The van der Waals surface area contributed by atoms with E-state index >= 15 is 0 Å². The van der Waals surface area contributed by atoms with Crippen molar-refractivity contribution in [2.24, 2.45) is 0 Å². The number of hydrogen-bond donors (Lipinski definition) is 2. The molecule has 3 aromatic carbocycles. The van der Waals surface area contributed by atoms with E-state index < -0.39 is 17.6 Å². The molecule has 0 saturated carbocycles. The first kappa shape index (κ1) is 18.9. The Kier molecular flexibility index (Phi) is 5.14. The van der Waals surface area contributed by atoms with Gasteiger partial charge in [0.05, 0.1) is 5.54 Å². The van der Waals surface area contributed by atoms with Crippen LogP contribution in [0.2, 0.25) is 0 Å². The van der Waals surface area contributed by atoms with Crippen LogP contribution in [0.4, 0.5) is 0 Å². The number of carboxylic acids is 1. The average Bonchev–Trinajstić information content (AvgIpc) is 3.56. The van der Waals surface area contributed by atoms with Crippen molar-refractivity contribution in [2.75, 3.05) is 13.1 Å². The van der Waals surface area contributed by atoms with Crippen molar-refractivity contribution in [1.82, 2.24) is 10.2 Å². The molecule has 1 aliphatic rings. The summed E-state index contributed by atoms with van der Waals surface area (Å²) in [7, 11) is 0. The molecular weight excluding hydrogens is 364 g/mol. The Morgan fingerprint density at radius 2 is 1.24 bits per heavy atom. The van der Waals surface area contributed by atoms with E-state index in [0.717, 1.165) is 16.7 Å². The standard InChI is InChI=1S/C24H22N2O3/c27-22(28)16-25-23(29)21-17-26(21)24(18-10-4-1-5-11-18,19-12-6-2-7-13-19)20-14-8-3-9-15-20/h1-15,21H,16-17H2,(H,25,29)(H,27,28). The van der Waals surface area contributed by atoms with E-state index in [4.69, 9.17) is 5.11 Å². The number of nitrogens with zero attached hydrogens (tertiary/aromatic N) is 1. The average molecular weight is 386 g/mol. The molecule has 29 heavy (non-hydrogen) atoms. The van der Waals surface area contributed by atoms with Crippen LogP contribution in [-0.2, 0) is 15.1 Å². The first-order valence-corrected chi connectivity index (χ1v) is 9.57. The zero-order chi connectivity index (χ0) is 20.3. The summed E-state index contributed by atoms with van der Waals surface area (Å²) in [5, 5.41) is 11.4. The van der Waals surface area contributed by atoms with E-state index in [9.17, 15) is 9.59 Å². The van der Waals surface area contributed by atoms with Gasteiger partial charge in [0, 0.05) is 6.54 Å². The van der Waals surface area contributed by atoms with E-state index in [1.807, 2.05) is 54.6 Å². The maximum Gasteiger partial charge on any atom is 0.322 e. The van der Waals surface area contributed by atoms with E-state index in [1.54, 1.807) is 0 Å². The Morgan fingerprint density at radius 3 is 1.62 bits per heavy atom. The molecule has 0 aromatic heterocycles. The third-order valence-electron chi connectivity index (χ3n) is 5.33. The fourth-order valence-electron chi connectivity index (χ4n) is 4.05. The lowest BCUT2D eigenvalue weighted by Crippen LogP contribution is -2.42. The summed E-state index contributed by atoms with van der Waals surface area (Å²) in [6.45, 7) is 0.169. The minimum absolute atomic E-state index is 0.264. The molecule has 0 radical (unpaired) electrons. The SMILES string of the molecule is O=C(O)CNC(=O)C1CN1C(c1ccccc1)(c1ccccc1)c1ccccc1. The van der Waals surface area contributed by atoms with Crippen LogP contribution in [0.25, 0.3) is 0 Å². The molecule has 2 unspecified atom stereocenters. The van der Waals surface area contributed by atoms with Crippen LogP contribution in [0.3, 0.4) is 0 Å². The van der Waals surface area contributed by atoms with Crippen LogP contribution in [0.5, 0.6) is 0 Å². The second-order valence-electron chi connectivity index (χ2n) is 7.09. The van der Waals surface area contributed by atoms with E-state index in [0.29, 0.717) is 6.54 Å². The maximum absolute atomic E-state index is 12.6. The second kappa shape index (κ2) is 7.89. The molecule has 4 rings (SSSR count). The summed E-state index contributed by atoms with van der Waals surface area (Å²) in [5.41, 5.74) is 2.54. The summed E-state index contributed by atoms with van der Waals surface area (Å²) < 4.78 is 0. The number of carbonyl (C=O) groups is 2. The van der Waals surface area contributed by atoms with E-state index in [-0.39, 0.29) is 12.5 Å². The number of amides is 1. The lowest BCUT2D eigenvalue weighted by Gasteiger charge is -2.38. The molecule has 1 heterocycles. The van der Waals surface area contributed by atoms with Crippen molar-refractivity contribution in [3.63, 3.8) is 0 Å². The monoisotopic (exact) mass is 386 g/mol. The summed E-state index contributed by atoms with van der Waals surface area (Å²) in [4.78, 5) is 25.6. The third kappa shape index (κ3) is 3.52. The van der Waals surface area contributed by atoms with Crippen molar-refractivity contribution in [2.45, 2.75) is 11.6 Å². The molecular formula is C24H22N2O3. The number of hydrogen-bond acceptors (Lipinski definition) is 3. The van der Waals surface area contributed by atoms with Gasteiger partial charge in [-0.3, -0.25) is 14.5 Å². The zero-order valence-electron chi connectivity index (χ0n) is 15.9. The van der Waals surface area contributed by atoms with Gasteiger partial charge in [-0.05, 0) is 16.7 Å². The number of aliphatic carboxylic acids is 1. The number of carbonyl (C=O) groups excluding carboxylic acids is 1. The molecule has 3 aromatic rings. The van der Waals surface area contributed by atoms with Crippen LogP contribution in [0.1, 0.15) is 16.7 Å². The minimum atomic E-state index is -1.05. The molecule has 0 aliphatic carbocycles. The minimum Gasteiger partial charge on any atom is -0.480 e. The predicted octanol–water partition coefficient (Wildman–Crippen LogP) is 2.86. The van der Waals surface area contributed by atoms with Gasteiger partial charge in [-0.1, -0.05) is 91.0 Å². The molecule has 1 aliphatic heterocycles. The van der Waals surface area contributed by atoms with Crippen LogP contribution >= 0.6 is 0 Å². The van der Waals surface area contributed by atoms with Crippen molar-refractivity contribution >= 4 is 11.9 Å². The van der Waals surface area contributed by atoms with Crippen molar-refractivity contribution < 1.29 is 14.7 Å². The Hall–Kier alpha value is -3.44. The summed E-state index contributed by atoms with van der Waals surface area (Å²) in [5.74, 6) is -1.31. The first-order chi connectivity index (χ1) is 14.1. The van der Waals surface area contributed by atoms with Gasteiger partial charge >= 0.3 is 5.97 Å². The van der Waals surface area contributed by atoms with Crippen LogP contribution in [0.15, 0.2) is 91.0 Å². The number of carboxylic acid groups (broad SMARTS) is 1. The molecule has 2 atom stereocenters. The molecule has 1 amide bonds. The quantitative estimate of drug-likeness (QED) is 0.484. The van der Waals surface area contributed by atoms with Crippen molar-refractivity contribution in [3.8, 4) is 0 Å². The molecule has 0 spiro atoms. The van der Waals surface area contributed by atoms with E-state index in [1.165, 1.54) is 0 Å². The molecule has 2 N–H and O–H groups in total. The zero-order valence-corrected chi connectivity index (χ0v) is 15.9. The Labute approximate surface area is 169 Å². The molecule has 1 saturated heterocycles. The van der Waals surface area contributed by atoms with Gasteiger partial charge in [0.25, 0.3) is 0 Å². The highest BCUT2D eigenvalue weighted by Crippen LogP contribution is 2.48. The lowest BCUT2D eigenvalue weighted by atomic mass is 9.76. The predicted molar refractivity (Wildman–Crippen MR) is 110 cm³/mol. The van der Waals surface area contributed by atoms with Crippen LogP contribution in [-0.4, -0.2) is 41.0 Å². The van der Waals surface area contributed by atoms with Gasteiger partial charge < -0.3 is 10.4 Å². The largest absolute Gasteiger partial charge is 0.480 e. The van der Waals surface area contributed by atoms with Gasteiger partial charge in [0.2, 0.25) is 5.91 Å². The van der Waals surface area contributed by atoms with Crippen molar-refractivity contribution in [1.29, 1.82) is 0 Å².